The molecule has 1 aromatic heterocycles. The van der Waals surface area contributed by atoms with E-state index in [4.69, 9.17) is 5.11 Å². The number of benzene rings is 1. The lowest BCUT2D eigenvalue weighted by molar-refractivity contribution is 0.0696. The highest BCUT2D eigenvalue weighted by molar-refractivity contribution is 7.89. The number of sulfonamides is 1. The van der Waals surface area contributed by atoms with Crippen LogP contribution < -0.4 is 4.72 Å². The molecule has 1 atom stereocenters. The minimum atomic E-state index is -3.87. The summed E-state index contributed by atoms with van der Waals surface area (Å²) in [5, 5.41) is 15.3. The molecule has 0 amide bonds. The number of nitrogens with zero attached hydrogens (tertiary/aromatic N) is 2. The van der Waals surface area contributed by atoms with Gasteiger partial charge < -0.3 is 5.11 Å². The van der Waals surface area contributed by atoms with Crippen LogP contribution in [-0.4, -0.2) is 34.7 Å². The number of hydrogen-bond donors (Lipinski definition) is 3. The van der Waals surface area contributed by atoms with Crippen molar-refractivity contribution in [2.24, 2.45) is 0 Å². The van der Waals surface area contributed by atoms with Gasteiger partial charge in [-0.2, -0.15) is 5.10 Å². The van der Waals surface area contributed by atoms with Crippen LogP contribution in [0.1, 0.15) is 34.7 Å². The zero-order chi connectivity index (χ0) is 15.6. The predicted molar refractivity (Wildman–Crippen MR) is 73.3 cm³/mol. The summed E-state index contributed by atoms with van der Waals surface area (Å²) in [6.07, 6.45) is 1.27. The number of carbonyl (C=O) groups is 1. The van der Waals surface area contributed by atoms with Gasteiger partial charge in [-0.3, -0.25) is 5.10 Å². The van der Waals surface area contributed by atoms with Gasteiger partial charge in [-0.15, -0.1) is 0 Å². The molecule has 0 radical (unpaired) electrons. The maximum absolute atomic E-state index is 12.4. The molecule has 1 aromatic carbocycles. The number of carboxylic acids is 1. The second-order valence-corrected chi connectivity index (χ2v) is 6.13. The van der Waals surface area contributed by atoms with Crippen molar-refractivity contribution in [1.29, 1.82) is 0 Å². The van der Waals surface area contributed by atoms with Crippen LogP contribution in [-0.2, 0) is 10.0 Å². The molecular weight excluding hydrogens is 296 g/mol. The summed E-state index contributed by atoms with van der Waals surface area (Å²) in [4.78, 5) is 14.9. The van der Waals surface area contributed by atoms with Gasteiger partial charge in [-0.25, -0.2) is 22.9 Å². The Morgan fingerprint density at radius 1 is 1.43 bits per heavy atom. The van der Waals surface area contributed by atoms with Gasteiger partial charge in [0.25, 0.3) is 0 Å². The third-order valence-electron chi connectivity index (χ3n) is 2.98. The van der Waals surface area contributed by atoms with Gasteiger partial charge in [0.1, 0.15) is 12.2 Å². The summed E-state index contributed by atoms with van der Waals surface area (Å²) in [6, 6.07) is 3.49. The molecule has 2 aromatic rings. The van der Waals surface area contributed by atoms with Gasteiger partial charge in [0.2, 0.25) is 10.0 Å². The smallest absolute Gasteiger partial charge is 0.335 e. The minimum Gasteiger partial charge on any atom is -0.478 e. The van der Waals surface area contributed by atoms with E-state index < -0.39 is 22.0 Å². The van der Waals surface area contributed by atoms with Gasteiger partial charge in [0, 0.05) is 0 Å². The van der Waals surface area contributed by atoms with Gasteiger partial charge in [0.15, 0.2) is 0 Å². The maximum atomic E-state index is 12.4. The van der Waals surface area contributed by atoms with Crippen LogP contribution in [0.25, 0.3) is 0 Å². The fraction of sp³-hybridized carbons (Fsp3) is 0.250. The average Bonchev–Trinajstić information content (AvgIpc) is 2.91. The number of carboxylic acid groups (broad SMARTS) is 1. The molecular formula is C12H14N4O4S. The van der Waals surface area contributed by atoms with Crippen LogP contribution in [0, 0.1) is 6.92 Å². The van der Waals surface area contributed by atoms with E-state index in [9.17, 15) is 13.2 Å². The van der Waals surface area contributed by atoms with Crippen molar-refractivity contribution in [3.63, 3.8) is 0 Å². The van der Waals surface area contributed by atoms with Crippen molar-refractivity contribution in [3.05, 3.63) is 41.5 Å². The van der Waals surface area contributed by atoms with Crippen molar-refractivity contribution in [3.8, 4) is 0 Å². The Morgan fingerprint density at radius 2 is 2.14 bits per heavy atom. The van der Waals surface area contributed by atoms with Crippen LogP contribution >= 0.6 is 0 Å². The second-order valence-electron chi connectivity index (χ2n) is 4.45. The number of hydrogen-bond acceptors (Lipinski definition) is 5. The first kappa shape index (κ1) is 15.1. The van der Waals surface area contributed by atoms with Gasteiger partial charge >= 0.3 is 5.97 Å². The lowest BCUT2D eigenvalue weighted by Gasteiger charge is -2.14. The summed E-state index contributed by atoms with van der Waals surface area (Å²) < 4.78 is 27.2. The standard InChI is InChI=1S/C12H14N4O4S/c1-7-9(12(17)18)4-3-5-10(7)21(19,20)16-8(2)11-13-6-14-15-11/h3-6,8,16H,1-2H3,(H,17,18)(H,13,14,15). The summed E-state index contributed by atoms with van der Waals surface area (Å²) in [7, 11) is -3.87. The second kappa shape index (κ2) is 5.62. The fourth-order valence-corrected chi connectivity index (χ4v) is 3.39. The van der Waals surface area contributed by atoms with E-state index in [1.807, 2.05) is 0 Å². The third-order valence-corrected chi connectivity index (χ3v) is 4.66. The minimum absolute atomic E-state index is 0.0507. The summed E-state index contributed by atoms with van der Waals surface area (Å²) >= 11 is 0. The molecule has 1 heterocycles. The molecule has 112 valence electrons. The van der Waals surface area contributed by atoms with Crippen molar-refractivity contribution in [2.75, 3.05) is 0 Å². The Morgan fingerprint density at radius 3 is 2.71 bits per heavy atom. The molecule has 8 nitrogen and oxygen atoms in total. The van der Waals surface area contributed by atoms with Crippen molar-refractivity contribution < 1.29 is 18.3 Å². The fourth-order valence-electron chi connectivity index (χ4n) is 1.91. The molecule has 0 bridgehead atoms. The number of aromatic carboxylic acids is 1. The van der Waals surface area contributed by atoms with E-state index in [-0.39, 0.29) is 16.0 Å². The van der Waals surface area contributed by atoms with E-state index in [1.165, 1.54) is 31.5 Å². The van der Waals surface area contributed by atoms with Crippen molar-refractivity contribution in [1.82, 2.24) is 19.9 Å². The van der Waals surface area contributed by atoms with Crippen LogP contribution in [0.4, 0.5) is 0 Å². The zero-order valence-corrected chi connectivity index (χ0v) is 12.2. The van der Waals surface area contributed by atoms with Gasteiger partial charge in [-0.05, 0) is 31.5 Å². The molecule has 9 heteroatoms. The van der Waals surface area contributed by atoms with E-state index in [1.54, 1.807) is 6.92 Å². The van der Waals surface area contributed by atoms with Crippen LogP contribution in [0.3, 0.4) is 0 Å². The summed E-state index contributed by atoms with van der Waals surface area (Å²) in [5.74, 6) is -0.807. The number of H-pyrrole nitrogens is 1. The molecule has 2 rings (SSSR count). The first-order valence-electron chi connectivity index (χ1n) is 6.03. The third kappa shape index (κ3) is 3.09. The quantitative estimate of drug-likeness (QED) is 0.752. The normalized spacial score (nSPS) is 13.0. The highest BCUT2D eigenvalue weighted by Gasteiger charge is 2.23. The molecule has 0 aliphatic rings. The lowest BCUT2D eigenvalue weighted by Crippen LogP contribution is -2.28. The largest absolute Gasteiger partial charge is 0.478 e. The zero-order valence-electron chi connectivity index (χ0n) is 11.4. The topological polar surface area (TPSA) is 125 Å². The average molecular weight is 310 g/mol. The van der Waals surface area contributed by atoms with Gasteiger partial charge in [0.05, 0.1) is 16.5 Å². The Hall–Kier alpha value is -2.26. The van der Waals surface area contributed by atoms with E-state index in [2.05, 4.69) is 19.9 Å². The van der Waals surface area contributed by atoms with E-state index in [0.717, 1.165) is 0 Å². The molecule has 0 aliphatic heterocycles. The molecule has 3 N–H and O–H groups in total. The highest BCUT2D eigenvalue weighted by atomic mass is 32.2. The first-order valence-corrected chi connectivity index (χ1v) is 7.51. The van der Waals surface area contributed by atoms with Gasteiger partial charge in [-0.1, -0.05) is 6.07 Å². The number of nitrogens with one attached hydrogen (secondary N) is 2. The predicted octanol–water partition coefficient (Wildman–Crippen LogP) is 0.851. The number of aromatic nitrogens is 3. The SMILES string of the molecule is Cc1c(C(=O)O)cccc1S(=O)(=O)NC(C)c1ncn[nH]1. The molecule has 1 unspecified atom stereocenters. The van der Waals surface area contributed by atoms with E-state index >= 15 is 0 Å². The van der Waals surface area contributed by atoms with E-state index in [0.29, 0.717) is 5.82 Å². The van der Waals surface area contributed by atoms with Crippen LogP contribution in [0.2, 0.25) is 0 Å². The number of aromatic amines is 1. The summed E-state index contributed by atoms with van der Waals surface area (Å²) in [6.45, 7) is 3.06. The van der Waals surface area contributed by atoms with Crippen LogP contribution in [0.15, 0.2) is 29.4 Å². The molecule has 0 fully saturated rings. The molecule has 0 aliphatic carbocycles. The molecule has 0 saturated heterocycles. The maximum Gasteiger partial charge on any atom is 0.335 e. The Kier molecular flexibility index (Phi) is 4.05. The van der Waals surface area contributed by atoms with Crippen LogP contribution in [0.5, 0.6) is 0 Å². The first-order chi connectivity index (χ1) is 9.83. The summed E-state index contributed by atoms with van der Waals surface area (Å²) in [5.41, 5.74) is 0.132. The molecule has 21 heavy (non-hydrogen) atoms. The Balaban J connectivity index is 2.36. The van der Waals surface area contributed by atoms with Crippen molar-refractivity contribution in [2.45, 2.75) is 24.8 Å². The molecule has 0 saturated carbocycles. The highest BCUT2D eigenvalue weighted by Crippen LogP contribution is 2.20. The molecule has 0 spiro atoms. The monoisotopic (exact) mass is 310 g/mol. The van der Waals surface area contributed by atoms with Crippen molar-refractivity contribution >= 4 is 16.0 Å². The Labute approximate surface area is 121 Å². The number of rotatable bonds is 5. The Bertz CT molecular complexity index is 756. The lowest BCUT2D eigenvalue weighted by atomic mass is 10.1.